The molecule has 0 amide bonds. The van der Waals surface area contributed by atoms with Gasteiger partial charge in [-0.2, -0.15) is 4.98 Å². The number of carbonyl (C=O) groups excluding carboxylic acids is 1. The number of rotatable bonds is 3. The van der Waals surface area contributed by atoms with E-state index in [9.17, 15) is 4.79 Å². The van der Waals surface area contributed by atoms with Gasteiger partial charge < -0.3 is 5.32 Å². The third kappa shape index (κ3) is 2.86. The molecule has 4 rings (SSSR count). The van der Waals surface area contributed by atoms with Crippen molar-refractivity contribution >= 4 is 23.5 Å². The molecule has 5 nitrogen and oxygen atoms in total. The Labute approximate surface area is 158 Å². The smallest absolute Gasteiger partial charge is 0.227 e. The lowest BCUT2D eigenvalue weighted by Crippen LogP contribution is -2.36. The second-order valence-corrected chi connectivity index (χ2v) is 8.60. The molecule has 0 spiro atoms. The SMILES string of the molecule is CCc1ccc(C2C3=C(CC(C)(C)CC3=O)Nc3nc(SC)nn32)cc1. The van der Waals surface area contributed by atoms with Crippen LogP contribution in [0.25, 0.3) is 0 Å². The van der Waals surface area contributed by atoms with Crippen LogP contribution in [0.15, 0.2) is 40.7 Å². The van der Waals surface area contributed by atoms with Crippen LogP contribution in [-0.2, 0) is 11.2 Å². The molecule has 0 bridgehead atoms. The highest BCUT2D eigenvalue weighted by Crippen LogP contribution is 2.45. The molecular formula is C20H24N4OS. The largest absolute Gasteiger partial charge is 0.328 e. The van der Waals surface area contributed by atoms with Gasteiger partial charge in [0.05, 0.1) is 0 Å². The van der Waals surface area contributed by atoms with Crippen molar-refractivity contribution in [1.82, 2.24) is 14.8 Å². The van der Waals surface area contributed by atoms with E-state index in [0.29, 0.717) is 11.6 Å². The highest BCUT2D eigenvalue weighted by molar-refractivity contribution is 7.98. The second kappa shape index (κ2) is 6.27. The number of aryl methyl sites for hydroxylation is 1. The van der Waals surface area contributed by atoms with Gasteiger partial charge in [0, 0.05) is 17.7 Å². The first-order chi connectivity index (χ1) is 12.4. The Kier molecular flexibility index (Phi) is 4.18. The lowest BCUT2D eigenvalue weighted by atomic mass is 9.73. The topological polar surface area (TPSA) is 59.8 Å². The van der Waals surface area contributed by atoms with E-state index in [1.807, 2.05) is 10.9 Å². The fourth-order valence-electron chi connectivity index (χ4n) is 3.92. The number of carbonyl (C=O) groups is 1. The Morgan fingerprint density at radius 3 is 2.65 bits per heavy atom. The van der Waals surface area contributed by atoms with Crippen molar-refractivity contribution in [2.24, 2.45) is 5.41 Å². The summed E-state index contributed by atoms with van der Waals surface area (Å²) in [5.41, 5.74) is 4.19. The summed E-state index contributed by atoms with van der Waals surface area (Å²) in [5.74, 6) is 0.934. The van der Waals surface area contributed by atoms with Gasteiger partial charge in [-0.1, -0.05) is 56.8 Å². The maximum atomic E-state index is 13.1. The zero-order chi connectivity index (χ0) is 18.5. The van der Waals surface area contributed by atoms with Crippen molar-refractivity contribution in [2.75, 3.05) is 11.6 Å². The predicted octanol–water partition coefficient (Wildman–Crippen LogP) is 4.22. The molecule has 1 atom stereocenters. The number of hydrogen-bond donors (Lipinski definition) is 1. The van der Waals surface area contributed by atoms with E-state index in [1.165, 1.54) is 17.3 Å². The summed E-state index contributed by atoms with van der Waals surface area (Å²) in [5, 5.41) is 8.76. The van der Waals surface area contributed by atoms with Gasteiger partial charge in [-0.15, -0.1) is 5.10 Å². The summed E-state index contributed by atoms with van der Waals surface area (Å²) in [6.07, 6.45) is 4.38. The molecule has 1 aromatic carbocycles. The molecule has 2 aromatic rings. The predicted molar refractivity (Wildman–Crippen MR) is 104 cm³/mol. The Bertz CT molecular complexity index is 895. The van der Waals surface area contributed by atoms with Gasteiger partial charge in [-0.05, 0) is 35.6 Å². The molecule has 1 aliphatic carbocycles. The van der Waals surface area contributed by atoms with Crippen LogP contribution < -0.4 is 5.32 Å². The lowest BCUT2D eigenvalue weighted by Gasteiger charge is -2.38. The molecule has 1 unspecified atom stereocenters. The fraction of sp³-hybridized carbons (Fsp3) is 0.450. The molecule has 136 valence electrons. The van der Waals surface area contributed by atoms with Crippen molar-refractivity contribution in [3.05, 3.63) is 46.7 Å². The third-order valence-electron chi connectivity index (χ3n) is 5.20. The molecule has 1 N–H and O–H groups in total. The summed E-state index contributed by atoms with van der Waals surface area (Å²) in [6, 6.07) is 8.32. The lowest BCUT2D eigenvalue weighted by molar-refractivity contribution is -0.118. The van der Waals surface area contributed by atoms with Crippen molar-refractivity contribution in [3.8, 4) is 0 Å². The van der Waals surface area contributed by atoms with E-state index in [0.717, 1.165) is 35.6 Å². The Morgan fingerprint density at radius 1 is 1.27 bits per heavy atom. The number of ketones is 1. The second-order valence-electron chi connectivity index (χ2n) is 7.82. The van der Waals surface area contributed by atoms with Crippen molar-refractivity contribution in [3.63, 3.8) is 0 Å². The van der Waals surface area contributed by atoms with Gasteiger partial charge in [0.1, 0.15) is 6.04 Å². The minimum Gasteiger partial charge on any atom is -0.328 e. The van der Waals surface area contributed by atoms with Crippen LogP contribution in [0.1, 0.15) is 50.8 Å². The Hall–Kier alpha value is -2.08. The minimum absolute atomic E-state index is 0.0376. The monoisotopic (exact) mass is 368 g/mol. The first kappa shape index (κ1) is 17.3. The van der Waals surface area contributed by atoms with Crippen LogP contribution in [0, 0.1) is 5.41 Å². The number of aromatic nitrogens is 3. The molecule has 26 heavy (non-hydrogen) atoms. The van der Waals surface area contributed by atoms with Crippen LogP contribution in [0.3, 0.4) is 0 Å². The van der Waals surface area contributed by atoms with Crippen LogP contribution in [0.4, 0.5) is 5.95 Å². The minimum atomic E-state index is -0.204. The van der Waals surface area contributed by atoms with Gasteiger partial charge in [-0.25, -0.2) is 4.68 Å². The molecule has 1 aromatic heterocycles. The summed E-state index contributed by atoms with van der Waals surface area (Å²) in [7, 11) is 0. The molecule has 2 heterocycles. The zero-order valence-electron chi connectivity index (χ0n) is 15.7. The number of anilines is 1. The van der Waals surface area contributed by atoms with Crippen LogP contribution in [0.5, 0.6) is 0 Å². The highest BCUT2D eigenvalue weighted by Gasteiger charge is 2.41. The third-order valence-corrected chi connectivity index (χ3v) is 5.74. The number of nitrogens with one attached hydrogen (secondary N) is 1. The fourth-order valence-corrected chi connectivity index (χ4v) is 4.27. The summed E-state index contributed by atoms with van der Waals surface area (Å²) < 4.78 is 1.88. The van der Waals surface area contributed by atoms with Gasteiger partial charge in [-0.3, -0.25) is 4.79 Å². The molecule has 2 aliphatic rings. The van der Waals surface area contributed by atoms with E-state index in [-0.39, 0.29) is 17.2 Å². The Balaban J connectivity index is 1.87. The van der Waals surface area contributed by atoms with E-state index in [2.05, 4.69) is 60.4 Å². The summed E-state index contributed by atoms with van der Waals surface area (Å²) in [6.45, 7) is 6.44. The summed E-state index contributed by atoms with van der Waals surface area (Å²) in [4.78, 5) is 17.7. The number of Topliss-reactive ketones (excluding diaryl/α,β-unsaturated/α-hetero) is 1. The van der Waals surface area contributed by atoms with E-state index in [4.69, 9.17) is 0 Å². The molecule has 0 saturated carbocycles. The Morgan fingerprint density at radius 2 is 2.00 bits per heavy atom. The quantitative estimate of drug-likeness (QED) is 0.822. The van der Waals surface area contributed by atoms with Gasteiger partial charge in [0.15, 0.2) is 5.78 Å². The zero-order valence-corrected chi connectivity index (χ0v) is 16.5. The molecule has 0 radical (unpaired) electrons. The number of hydrogen-bond acceptors (Lipinski definition) is 5. The van der Waals surface area contributed by atoms with E-state index < -0.39 is 0 Å². The standard InChI is InChI=1S/C20H24N4OS/c1-5-12-6-8-13(9-7-12)17-16-14(10-20(2,3)11-15(16)25)21-18-22-19(26-4)23-24(17)18/h6-9,17H,5,10-11H2,1-4H3,(H,21,22,23). The van der Waals surface area contributed by atoms with Gasteiger partial charge in [0.25, 0.3) is 0 Å². The number of allylic oxidation sites excluding steroid dienone is 2. The van der Waals surface area contributed by atoms with E-state index in [1.54, 1.807) is 0 Å². The maximum absolute atomic E-state index is 13.1. The average molecular weight is 369 g/mol. The average Bonchev–Trinajstić information content (AvgIpc) is 3.01. The molecule has 0 saturated heterocycles. The van der Waals surface area contributed by atoms with Crippen molar-refractivity contribution < 1.29 is 4.79 Å². The summed E-state index contributed by atoms with van der Waals surface area (Å²) >= 11 is 1.51. The van der Waals surface area contributed by atoms with Crippen LogP contribution in [-0.4, -0.2) is 26.8 Å². The number of nitrogens with zero attached hydrogens (tertiary/aromatic N) is 3. The molecule has 0 fully saturated rings. The van der Waals surface area contributed by atoms with Gasteiger partial charge in [0.2, 0.25) is 11.1 Å². The maximum Gasteiger partial charge on any atom is 0.227 e. The number of thioether (sulfide) groups is 1. The van der Waals surface area contributed by atoms with Crippen LogP contribution in [0.2, 0.25) is 0 Å². The van der Waals surface area contributed by atoms with Crippen LogP contribution >= 0.6 is 11.8 Å². The van der Waals surface area contributed by atoms with Crippen molar-refractivity contribution in [1.29, 1.82) is 0 Å². The normalized spacial score (nSPS) is 21.2. The number of benzene rings is 1. The molecule has 6 heteroatoms. The first-order valence-electron chi connectivity index (χ1n) is 9.04. The molecule has 1 aliphatic heterocycles. The molecular weight excluding hydrogens is 344 g/mol. The highest BCUT2D eigenvalue weighted by atomic mass is 32.2. The van der Waals surface area contributed by atoms with E-state index >= 15 is 0 Å². The first-order valence-corrected chi connectivity index (χ1v) is 10.3. The van der Waals surface area contributed by atoms with Gasteiger partial charge >= 0.3 is 0 Å². The van der Waals surface area contributed by atoms with Crippen molar-refractivity contribution in [2.45, 2.75) is 51.2 Å². The number of fused-ring (bicyclic) bond motifs is 1.